The first kappa shape index (κ1) is 19.8. The van der Waals surface area contributed by atoms with Crippen LogP contribution in [0.15, 0.2) is 66.7 Å². The third-order valence-corrected chi connectivity index (χ3v) is 5.58. The summed E-state index contributed by atoms with van der Waals surface area (Å²) in [7, 11) is 0. The van der Waals surface area contributed by atoms with Crippen molar-refractivity contribution in [3.63, 3.8) is 0 Å². The molecule has 1 amide bonds. The molecule has 0 aliphatic carbocycles. The van der Waals surface area contributed by atoms with Gasteiger partial charge in [-0.05, 0) is 56.7 Å². The summed E-state index contributed by atoms with van der Waals surface area (Å²) in [5.41, 5.74) is 5.02. The summed E-state index contributed by atoms with van der Waals surface area (Å²) in [4.78, 5) is 14.8. The minimum atomic E-state index is -0.462. The van der Waals surface area contributed by atoms with Crippen molar-refractivity contribution >= 4 is 39.3 Å². The lowest BCUT2D eigenvalue weighted by atomic mass is 10.1. The van der Waals surface area contributed by atoms with Gasteiger partial charge in [0, 0.05) is 35.2 Å². The van der Waals surface area contributed by atoms with Crippen molar-refractivity contribution in [2.75, 3.05) is 23.3 Å². The summed E-state index contributed by atoms with van der Waals surface area (Å²) in [6.45, 7) is 8.31. The highest BCUT2D eigenvalue weighted by Gasteiger charge is 2.12. The van der Waals surface area contributed by atoms with Crippen LogP contribution in [0.3, 0.4) is 0 Å². The highest BCUT2D eigenvalue weighted by Crippen LogP contribution is 2.29. The lowest BCUT2D eigenvalue weighted by Gasteiger charge is -2.22. The third kappa shape index (κ3) is 3.71. The fourth-order valence-electron chi connectivity index (χ4n) is 3.99. The second-order valence-corrected chi connectivity index (χ2v) is 7.32. The van der Waals surface area contributed by atoms with E-state index >= 15 is 0 Å². The van der Waals surface area contributed by atoms with E-state index in [2.05, 4.69) is 42.3 Å². The van der Waals surface area contributed by atoms with Gasteiger partial charge in [0.2, 0.25) is 0 Å². The molecule has 0 bridgehead atoms. The Bertz CT molecular complexity index is 1140. The zero-order chi connectivity index (χ0) is 21.1. The van der Waals surface area contributed by atoms with Crippen molar-refractivity contribution in [2.24, 2.45) is 0 Å². The number of carbonyl (C=O) groups is 1. The molecule has 5 nitrogen and oxygen atoms in total. The largest absolute Gasteiger partial charge is 0.427 e. The summed E-state index contributed by atoms with van der Waals surface area (Å²) in [6.07, 6.45) is -0.462. The van der Waals surface area contributed by atoms with Crippen LogP contribution in [0.4, 0.5) is 16.2 Å². The van der Waals surface area contributed by atoms with Crippen LogP contribution in [0.25, 0.3) is 21.8 Å². The first-order valence-electron chi connectivity index (χ1n) is 10.4. The summed E-state index contributed by atoms with van der Waals surface area (Å²) in [5, 5.41) is 5.18. The number of hydrogen-bond acceptors (Lipinski definition) is 3. The Morgan fingerprint density at radius 1 is 0.933 bits per heavy atom. The number of hydrogen-bond donors (Lipinski definition) is 1. The number of para-hydroxylation sites is 2. The molecule has 3 aromatic carbocycles. The Hall–Kier alpha value is -3.47. The van der Waals surface area contributed by atoms with Gasteiger partial charge in [-0.1, -0.05) is 36.4 Å². The highest BCUT2D eigenvalue weighted by atomic mass is 16.6. The van der Waals surface area contributed by atoms with Gasteiger partial charge in [-0.15, -0.1) is 0 Å². The first-order valence-corrected chi connectivity index (χ1v) is 10.4. The summed E-state index contributed by atoms with van der Waals surface area (Å²) < 4.78 is 7.61. The van der Waals surface area contributed by atoms with Crippen LogP contribution in [-0.2, 0) is 11.5 Å². The summed E-state index contributed by atoms with van der Waals surface area (Å²) >= 11 is 0. The number of benzene rings is 3. The maximum atomic E-state index is 12.5. The second kappa shape index (κ2) is 8.49. The topological polar surface area (TPSA) is 46.5 Å². The normalized spacial score (nSPS) is 11.0. The minimum absolute atomic E-state index is 0.149. The molecule has 0 radical (unpaired) electrons. The number of anilines is 2. The van der Waals surface area contributed by atoms with Crippen molar-refractivity contribution in [3.05, 3.63) is 72.3 Å². The van der Waals surface area contributed by atoms with Crippen LogP contribution in [0.1, 0.15) is 19.4 Å². The van der Waals surface area contributed by atoms with Gasteiger partial charge in [-0.3, -0.25) is 5.32 Å². The van der Waals surface area contributed by atoms with Crippen molar-refractivity contribution in [1.29, 1.82) is 0 Å². The average molecular weight is 402 g/mol. The van der Waals surface area contributed by atoms with Crippen LogP contribution >= 0.6 is 0 Å². The van der Waals surface area contributed by atoms with E-state index in [1.807, 2.05) is 60.0 Å². The maximum Gasteiger partial charge on any atom is 0.413 e. The third-order valence-electron chi connectivity index (χ3n) is 5.58. The second-order valence-electron chi connectivity index (χ2n) is 7.32. The van der Waals surface area contributed by atoms with Gasteiger partial charge < -0.3 is 14.2 Å². The Morgan fingerprint density at radius 3 is 2.10 bits per heavy atom. The molecule has 1 N–H and O–H groups in total. The maximum absolute atomic E-state index is 12.5. The fraction of sp³-hybridized carbons (Fsp3) is 0.240. The molecule has 4 rings (SSSR count). The van der Waals surface area contributed by atoms with E-state index in [0.717, 1.165) is 51.8 Å². The van der Waals surface area contributed by atoms with Crippen LogP contribution in [-0.4, -0.2) is 23.7 Å². The number of fused-ring (bicyclic) bond motifs is 3. The molecule has 0 spiro atoms. The Kier molecular flexibility index (Phi) is 5.61. The molecule has 0 saturated carbocycles. The molecular weight excluding hydrogens is 374 g/mol. The molecule has 0 unspecified atom stereocenters. The zero-order valence-corrected chi connectivity index (χ0v) is 17.7. The Labute approximate surface area is 176 Å². The van der Waals surface area contributed by atoms with Gasteiger partial charge in [0.05, 0.1) is 11.0 Å². The highest BCUT2D eigenvalue weighted by molar-refractivity contribution is 6.07. The van der Waals surface area contributed by atoms with Crippen molar-refractivity contribution in [1.82, 2.24) is 4.57 Å². The van der Waals surface area contributed by atoms with Gasteiger partial charge in [-0.25, -0.2) is 4.79 Å². The zero-order valence-electron chi connectivity index (χ0n) is 17.7. The SMILES string of the molecule is CCN(CC)c1ccc(NC(=O)OCn2c3ccccc3c3ccccc32)c(C)c1. The molecular formula is C25H27N3O2. The molecule has 4 aromatic rings. The molecule has 0 aliphatic heterocycles. The minimum Gasteiger partial charge on any atom is -0.427 e. The smallest absolute Gasteiger partial charge is 0.413 e. The number of carbonyl (C=O) groups excluding carboxylic acids is 1. The van der Waals surface area contributed by atoms with E-state index < -0.39 is 6.09 Å². The number of ether oxygens (including phenoxy) is 1. The predicted octanol–water partition coefficient (Wildman–Crippen LogP) is 6.16. The number of rotatable bonds is 6. The Morgan fingerprint density at radius 2 is 1.53 bits per heavy atom. The molecule has 5 heteroatoms. The van der Waals surface area contributed by atoms with Crippen LogP contribution in [0, 0.1) is 6.92 Å². The van der Waals surface area contributed by atoms with Gasteiger partial charge in [0.25, 0.3) is 0 Å². The molecule has 1 heterocycles. The summed E-state index contributed by atoms with van der Waals surface area (Å²) in [5.74, 6) is 0. The van der Waals surface area contributed by atoms with E-state index in [4.69, 9.17) is 4.74 Å². The van der Waals surface area contributed by atoms with Gasteiger partial charge in [-0.2, -0.15) is 0 Å². The monoisotopic (exact) mass is 401 g/mol. The number of nitrogens with zero attached hydrogens (tertiary/aromatic N) is 2. The average Bonchev–Trinajstić information content (AvgIpc) is 3.09. The van der Waals surface area contributed by atoms with E-state index in [9.17, 15) is 4.79 Å². The fourth-order valence-corrected chi connectivity index (χ4v) is 3.99. The number of aromatic nitrogens is 1. The quantitative estimate of drug-likeness (QED) is 0.421. The van der Waals surface area contributed by atoms with Crippen molar-refractivity contribution in [3.8, 4) is 0 Å². The predicted molar refractivity (Wildman–Crippen MR) is 124 cm³/mol. The van der Waals surface area contributed by atoms with Gasteiger partial charge in [0.15, 0.2) is 6.73 Å². The van der Waals surface area contributed by atoms with E-state index in [1.54, 1.807) is 0 Å². The van der Waals surface area contributed by atoms with Crippen LogP contribution in [0.2, 0.25) is 0 Å². The number of aryl methyl sites for hydroxylation is 1. The van der Waals surface area contributed by atoms with Crippen molar-refractivity contribution in [2.45, 2.75) is 27.5 Å². The van der Waals surface area contributed by atoms with Gasteiger partial charge in [0.1, 0.15) is 0 Å². The molecule has 0 atom stereocenters. The molecule has 0 saturated heterocycles. The Balaban J connectivity index is 1.51. The van der Waals surface area contributed by atoms with Crippen LogP contribution < -0.4 is 10.2 Å². The van der Waals surface area contributed by atoms with Crippen LogP contribution in [0.5, 0.6) is 0 Å². The standard InChI is InChI=1S/C25H27N3O2/c1-4-27(5-2)19-14-15-22(18(3)16-19)26-25(29)30-17-28-23-12-8-6-10-20(23)21-11-7-9-13-24(21)28/h6-16H,4-5,17H2,1-3H3,(H,26,29). The van der Waals surface area contributed by atoms with Crippen molar-refractivity contribution < 1.29 is 9.53 Å². The van der Waals surface area contributed by atoms with E-state index in [0.29, 0.717) is 0 Å². The van der Waals surface area contributed by atoms with Gasteiger partial charge >= 0.3 is 6.09 Å². The molecule has 0 aliphatic rings. The molecule has 0 fully saturated rings. The molecule has 154 valence electrons. The summed E-state index contributed by atoms with van der Waals surface area (Å²) in [6, 6.07) is 22.4. The number of amides is 1. The molecule has 30 heavy (non-hydrogen) atoms. The number of nitrogens with one attached hydrogen (secondary N) is 1. The first-order chi connectivity index (χ1) is 14.6. The van der Waals surface area contributed by atoms with E-state index in [-0.39, 0.29) is 6.73 Å². The lowest BCUT2D eigenvalue weighted by Crippen LogP contribution is -2.22. The van der Waals surface area contributed by atoms with E-state index in [1.165, 1.54) is 0 Å². The molecule has 1 aromatic heterocycles. The lowest BCUT2D eigenvalue weighted by molar-refractivity contribution is 0.132.